The molecule has 0 unspecified atom stereocenters. The fraction of sp³-hybridized carbons (Fsp3) is 0.0870. The van der Waals surface area contributed by atoms with E-state index in [1.807, 2.05) is 28.8 Å². The lowest BCUT2D eigenvalue weighted by Crippen LogP contribution is -2.09. The van der Waals surface area contributed by atoms with Crippen LogP contribution in [0.1, 0.15) is 0 Å². The first-order valence-electron chi connectivity index (χ1n) is 9.65. The van der Waals surface area contributed by atoms with E-state index in [9.17, 15) is 5.21 Å². The van der Waals surface area contributed by atoms with Crippen LogP contribution in [0.15, 0.2) is 89.1 Å². The topological polar surface area (TPSA) is 94.4 Å². The molecule has 1 aromatic carbocycles. The Morgan fingerprint density at radius 2 is 1.81 bits per heavy atom. The van der Waals surface area contributed by atoms with E-state index >= 15 is 0 Å². The van der Waals surface area contributed by atoms with Crippen LogP contribution in [0.5, 0.6) is 11.5 Å². The van der Waals surface area contributed by atoms with Crippen molar-refractivity contribution in [3.63, 3.8) is 0 Å². The van der Waals surface area contributed by atoms with Crippen LogP contribution in [0.2, 0.25) is 0 Å². The molecule has 0 aliphatic heterocycles. The second-order valence-electron chi connectivity index (χ2n) is 6.75. The number of nitrogens with zero attached hydrogens (tertiary/aromatic N) is 4. The largest absolute Gasteiger partial charge is 0.490 e. The van der Waals surface area contributed by atoms with Gasteiger partial charge in [-0.25, -0.2) is 4.98 Å². The molecule has 0 aliphatic rings. The van der Waals surface area contributed by atoms with Gasteiger partial charge in [0.15, 0.2) is 5.76 Å². The van der Waals surface area contributed by atoms with Gasteiger partial charge < -0.3 is 23.5 Å². The minimum Gasteiger partial charge on any atom is -0.490 e. The molecular formula is C23H18N4O4. The summed E-state index contributed by atoms with van der Waals surface area (Å²) in [5.74, 6) is 1.85. The SMILES string of the molecule is O/N=c1\cc(-c2cc3cccn3cn2)oc2ccc(OCCOc3ccncc3)cc12. The quantitative estimate of drug-likeness (QED) is 0.257. The third-order valence-corrected chi connectivity index (χ3v) is 4.76. The molecule has 154 valence electrons. The van der Waals surface area contributed by atoms with Gasteiger partial charge in [0, 0.05) is 30.2 Å². The van der Waals surface area contributed by atoms with Gasteiger partial charge in [-0.3, -0.25) is 4.98 Å². The lowest BCUT2D eigenvalue weighted by atomic mass is 10.2. The van der Waals surface area contributed by atoms with Gasteiger partial charge in [-0.05, 0) is 48.5 Å². The summed E-state index contributed by atoms with van der Waals surface area (Å²) in [4.78, 5) is 8.38. The van der Waals surface area contributed by atoms with Crippen molar-refractivity contribution in [2.24, 2.45) is 5.16 Å². The number of benzene rings is 1. The molecule has 0 amide bonds. The number of hydrogen-bond acceptors (Lipinski definition) is 7. The summed E-state index contributed by atoms with van der Waals surface area (Å²) in [6, 6.07) is 16.4. The molecule has 0 atom stereocenters. The van der Waals surface area contributed by atoms with E-state index in [0.717, 1.165) is 11.3 Å². The van der Waals surface area contributed by atoms with Gasteiger partial charge in [-0.2, -0.15) is 0 Å². The van der Waals surface area contributed by atoms with E-state index < -0.39 is 0 Å². The lowest BCUT2D eigenvalue weighted by Gasteiger charge is -2.09. The summed E-state index contributed by atoms with van der Waals surface area (Å²) in [5.41, 5.74) is 2.19. The normalized spacial score (nSPS) is 11.8. The number of hydrogen-bond donors (Lipinski definition) is 1. The van der Waals surface area contributed by atoms with Crippen LogP contribution in [0.4, 0.5) is 0 Å². The van der Waals surface area contributed by atoms with Gasteiger partial charge in [0.05, 0.1) is 11.7 Å². The van der Waals surface area contributed by atoms with Crippen molar-refractivity contribution in [2.45, 2.75) is 0 Å². The Morgan fingerprint density at radius 3 is 2.65 bits per heavy atom. The summed E-state index contributed by atoms with van der Waals surface area (Å²) in [7, 11) is 0. The Morgan fingerprint density at radius 1 is 0.968 bits per heavy atom. The molecule has 8 nitrogen and oxygen atoms in total. The van der Waals surface area contributed by atoms with E-state index in [1.165, 1.54) is 0 Å². The lowest BCUT2D eigenvalue weighted by molar-refractivity contribution is 0.217. The monoisotopic (exact) mass is 414 g/mol. The number of fused-ring (bicyclic) bond motifs is 2. The van der Waals surface area contributed by atoms with Crippen molar-refractivity contribution in [2.75, 3.05) is 13.2 Å². The van der Waals surface area contributed by atoms with E-state index in [1.54, 1.807) is 55.1 Å². The first kappa shape index (κ1) is 18.7. The molecule has 4 heterocycles. The van der Waals surface area contributed by atoms with Gasteiger partial charge in [-0.15, -0.1) is 0 Å². The summed E-state index contributed by atoms with van der Waals surface area (Å²) >= 11 is 0. The molecular weight excluding hydrogens is 396 g/mol. The number of aromatic nitrogens is 3. The molecule has 8 heteroatoms. The molecule has 0 bridgehead atoms. The maximum Gasteiger partial charge on any atom is 0.155 e. The highest BCUT2D eigenvalue weighted by Crippen LogP contribution is 2.24. The molecule has 0 saturated heterocycles. The number of ether oxygens (including phenoxy) is 2. The summed E-state index contributed by atoms with van der Waals surface area (Å²) < 4.78 is 19.3. The van der Waals surface area contributed by atoms with Crippen molar-refractivity contribution >= 4 is 16.5 Å². The minimum absolute atomic E-state index is 0.357. The Hall–Kier alpha value is -4.33. The fourth-order valence-corrected chi connectivity index (χ4v) is 3.27. The maximum absolute atomic E-state index is 9.57. The van der Waals surface area contributed by atoms with Crippen molar-refractivity contribution in [1.29, 1.82) is 0 Å². The molecule has 0 fully saturated rings. The van der Waals surface area contributed by atoms with Crippen molar-refractivity contribution < 1.29 is 19.1 Å². The Balaban J connectivity index is 1.38. The zero-order chi connectivity index (χ0) is 21.0. The Kier molecular flexibility index (Phi) is 4.94. The molecule has 0 radical (unpaired) electrons. The standard InChI is InChI=1S/C23H18N4O4/c28-26-20-14-23(21-12-16-2-1-9-27(16)15-25-21)31-22-4-3-18(13-19(20)22)30-11-10-29-17-5-7-24-8-6-17/h1-9,12-15,28H,10-11H2/b26-20+. The minimum atomic E-state index is 0.357. The predicted molar refractivity (Wildman–Crippen MR) is 113 cm³/mol. The number of pyridine rings is 1. The van der Waals surface area contributed by atoms with Crippen molar-refractivity contribution in [1.82, 2.24) is 14.4 Å². The molecule has 31 heavy (non-hydrogen) atoms. The maximum atomic E-state index is 9.57. The molecule has 1 N–H and O–H groups in total. The fourth-order valence-electron chi connectivity index (χ4n) is 3.27. The molecule has 5 aromatic rings. The van der Waals surface area contributed by atoms with Crippen LogP contribution < -0.4 is 14.8 Å². The average molecular weight is 414 g/mol. The third-order valence-electron chi connectivity index (χ3n) is 4.76. The average Bonchev–Trinajstić information content (AvgIpc) is 3.30. The zero-order valence-corrected chi connectivity index (χ0v) is 16.4. The summed E-state index contributed by atoms with van der Waals surface area (Å²) in [5, 5.41) is 14.0. The van der Waals surface area contributed by atoms with Gasteiger partial charge in [0.2, 0.25) is 0 Å². The van der Waals surface area contributed by atoms with E-state index in [0.29, 0.717) is 46.7 Å². The van der Waals surface area contributed by atoms with Crippen LogP contribution >= 0.6 is 0 Å². The summed E-state index contributed by atoms with van der Waals surface area (Å²) in [6.07, 6.45) is 6.97. The van der Waals surface area contributed by atoms with Gasteiger partial charge in [0.25, 0.3) is 0 Å². The predicted octanol–water partition coefficient (Wildman–Crippen LogP) is 3.89. The van der Waals surface area contributed by atoms with Gasteiger partial charge in [-0.1, -0.05) is 5.16 Å². The Labute approximate surface area is 176 Å². The molecule has 0 spiro atoms. The highest BCUT2D eigenvalue weighted by atomic mass is 16.5. The smallest absolute Gasteiger partial charge is 0.155 e. The van der Waals surface area contributed by atoms with Crippen LogP contribution in [0, 0.1) is 0 Å². The van der Waals surface area contributed by atoms with Gasteiger partial charge in [0.1, 0.15) is 41.3 Å². The van der Waals surface area contributed by atoms with Crippen LogP contribution in [-0.2, 0) is 0 Å². The molecule has 5 rings (SSSR count). The molecule has 0 saturated carbocycles. The molecule has 0 aliphatic carbocycles. The summed E-state index contributed by atoms with van der Waals surface area (Å²) in [6.45, 7) is 0.742. The Bertz CT molecular complexity index is 1410. The van der Waals surface area contributed by atoms with Crippen molar-refractivity contribution in [3.05, 3.63) is 84.9 Å². The second-order valence-corrected chi connectivity index (χ2v) is 6.75. The van der Waals surface area contributed by atoms with E-state index in [-0.39, 0.29) is 0 Å². The first-order valence-corrected chi connectivity index (χ1v) is 9.65. The van der Waals surface area contributed by atoms with E-state index in [4.69, 9.17) is 13.9 Å². The van der Waals surface area contributed by atoms with Crippen LogP contribution in [0.25, 0.3) is 27.9 Å². The first-order chi connectivity index (χ1) is 15.3. The number of rotatable bonds is 6. The van der Waals surface area contributed by atoms with Crippen molar-refractivity contribution in [3.8, 4) is 23.0 Å². The van der Waals surface area contributed by atoms with Crippen LogP contribution in [-0.4, -0.2) is 32.8 Å². The molecule has 4 aromatic heterocycles. The zero-order valence-electron chi connectivity index (χ0n) is 16.4. The van der Waals surface area contributed by atoms with Gasteiger partial charge >= 0.3 is 0 Å². The van der Waals surface area contributed by atoms with Crippen LogP contribution in [0.3, 0.4) is 0 Å². The second kappa shape index (κ2) is 8.19. The highest BCUT2D eigenvalue weighted by Gasteiger charge is 2.10. The van der Waals surface area contributed by atoms with E-state index in [2.05, 4.69) is 15.1 Å². The third kappa shape index (κ3) is 3.91. The highest BCUT2D eigenvalue weighted by molar-refractivity contribution is 5.80.